The molecule has 0 atom stereocenters. The Bertz CT molecular complexity index is 328. The highest BCUT2D eigenvalue weighted by Crippen LogP contribution is 2.07. The van der Waals surface area contributed by atoms with Crippen LogP contribution in [0.1, 0.15) is 5.56 Å². The largest absolute Gasteiger partial charge is 0.367 e. The lowest BCUT2D eigenvalue weighted by Crippen LogP contribution is -2.06. The van der Waals surface area contributed by atoms with E-state index < -0.39 is 0 Å². The van der Waals surface area contributed by atoms with E-state index in [-0.39, 0.29) is 0 Å². The van der Waals surface area contributed by atoms with Crippen molar-refractivity contribution in [2.75, 3.05) is 14.1 Å². The lowest BCUT2D eigenvalue weighted by molar-refractivity contribution is 0.640. The fourth-order valence-electron chi connectivity index (χ4n) is 0.782. The van der Waals surface area contributed by atoms with Crippen LogP contribution in [0.2, 0.25) is 5.02 Å². The second kappa shape index (κ2) is 5.40. The summed E-state index contributed by atoms with van der Waals surface area (Å²) in [6.07, 6.45) is 3.31. The average molecular weight is 210 g/mol. The fourth-order valence-corrected chi connectivity index (χ4v) is 0.908. The average Bonchev–Trinajstić information content (AvgIpc) is 2.15. The van der Waals surface area contributed by atoms with Gasteiger partial charge in [0.15, 0.2) is 0 Å². The molecule has 0 aromatic heterocycles. The summed E-state index contributed by atoms with van der Waals surface area (Å²) < 4.78 is 0. The number of halogens is 1. The molecule has 0 aliphatic rings. The second-order valence-corrected chi connectivity index (χ2v) is 3.43. The van der Waals surface area contributed by atoms with Crippen LogP contribution in [0.5, 0.6) is 0 Å². The van der Waals surface area contributed by atoms with Crippen LogP contribution in [0.3, 0.4) is 0 Å². The SMILES string of the molecule is CN(C)/C=N\N=C\c1ccc(Cl)cc1. The molecular weight excluding hydrogens is 198 g/mol. The van der Waals surface area contributed by atoms with Gasteiger partial charge in [0.2, 0.25) is 0 Å². The highest BCUT2D eigenvalue weighted by Gasteiger charge is 1.87. The summed E-state index contributed by atoms with van der Waals surface area (Å²) in [4.78, 5) is 1.82. The van der Waals surface area contributed by atoms with E-state index in [4.69, 9.17) is 11.6 Å². The van der Waals surface area contributed by atoms with Crippen LogP contribution in [-0.2, 0) is 0 Å². The first kappa shape index (κ1) is 10.7. The van der Waals surface area contributed by atoms with Crippen molar-refractivity contribution in [3.63, 3.8) is 0 Å². The maximum Gasteiger partial charge on any atom is 0.113 e. The Hall–Kier alpha value is -1.35. The number of rotatable bonds is 3. The van der Waals surface area contributed by atoms with E-state index in [9.17, 15) is 0 Å². The van der Waals surface area contributed by atoms with Gasteiger partial charge in [0, 0.05) is 19.1 Å². The first-order valence-electron chi connectivity index (χ1n) is 4.17. The Balaban J connectivity index is 2.56. The molecule has 0 amide bonds. The third-order valence-corrected chi connectivity index (χ3v) is 1.68. The van der Waals surface area contributed by atoms with E-state index >= 15 is 0 Å². The van der Waals surface area contributed by atoms with Gasteiger partial charge in [0.25, 0.3) is 0 Å². The molecule has 0 spiro atoms. The van der Waals surface area contributed by atoms with Crippen molar-refractivity contribution in [1.82, 2.24) is 4.90 Å². The summed E-state index contributed by atoms with van der Waals surface area (Å²) in [5.41, 5.74) is 0.977. The molecule has 1 rings (SSSR count). The summed E-state index contributed by atoms with van der Waals surface area (Å²) in [7, 11) is 3.78. The van der Waals surface area contributed by atoms with Crippen LogP contribution in [0.15, 0.2) is 34.5 Å². The summed E-state index contributed by atoms with van der Waals surface area (Å²) in [5.74, 6) is 0. The van der Waals surface area contributed by atoms with Gasteiger partial charge >= 0.3 is 0 Å². The number of hydrogen-bond acceptors (Lipinski definition) is 2. The molecule has 0 unspecified atom stereocenters. The van der Waals surface area contributed by atoms with Crippen LogP contribution in [0.4, 0.5) is 0 Å². The smallest absolute Gasteiger partial charge is 0.113 e. The van der Waals surface area contributed by atoms with Crippen molar-refractivity contribution < 1.29 is 0 Å². The fraction of sp³-hybridized carbons (Fsp3) is 0.200. The van der Waals surface area contributed by atoms with Gasteiger partial charge in [-0.05, 0) is 17.7 Å². The monoisotopic (exact) mass is 209 g/mol. The normalized spacial score (nSPS) is 11.4. The first-order valence-corrected chi connectivity index (χ1v) is 4.55. The zero-order valence-corrected chi connectivity index (χ0v) is 8.94. The van der Waals surface area contributed by atoms with Crippen molar-refractivity contribution in [2.24, 2.45) is 10.2 Å². The van der Waals surface area contributed by atoms with Crippen molar-refractivity contribution >= 4 is 24.2 Å². The van der Waals surface area contributed by atoms with Crippen molar-refractivity contribution in [3.8, 4) is 0 Å². The third-order valence-electron chi connectivity index (χ3n) is 1.43. The summed E-state index contributed by atoms with van der Waals surface area (Å²) >= 11 is 5.73. The van der Waals surface area contributed by atoms with E-state index in [1.807, 2.05) is 43.3 Å². The van der Waals surface area contributed by atoms with Crippen molar-refractivity contribution in [1.29, 1.82) is 0 Å². The van der Waals surface area contributed by atoms with Crippen molar-refractivity contribution in [2.45, 2.75) is 0 Å². The molecule has 0 bridgehead atoms. The van der Waals surface area contributed by atoms with Gasteiger partial charge in [0.1, 0.15) is 6.34 Å². The molecule has 0 saturated carbocycles. The Kier molecular flexibility index (Phi) is 4.13. The summed E-state index contributed by atoms with van der Waals surface area (Å²) in [5, 5.41) is 8.42. The Labute approximate surface area is 88.7 Å². The molecule has 3 nitrogen and oxygen atoms in total. The summed E-state index contributed by atoms with van der Waals surface area (Å²) in [6, 6.07) is 7.41. The predicted octanol–water partition coefficient (Wildman–Crippen LogP) is 2.26. The van der Waals surface area contributed by atoms with Gasteiger partial charge in [0.05, 0.1) is 6.21 Å². The number of nitrogens with zero attached hydrogens (tertiary/aromatic N) is 3. The van der Waals surface area contributed by atoms with Crippen LogP contribution in [0, 0.1) is 0 Å². The molecule has 0 heterocycles. The van der Waals surface area contributed by atoms with Crippen LogP contribution < -0.4 is 0 Å². The molecule has 0 aliphatic carbocycles. The lowest BCUT2D eigenvalue weighted by atomic mass is 10.2. The molecule has 14 heavy (non-hydrogen) atoms. The predicted molar refractivity (Wildman–Crippen MR) is 61.2 cm³/mol. The quantitative estimate of drug-likeness (QED) is 0.426. The number of benzene rings is 1. The molecule has 74 valence electrons. The number of hydrogen-bond donors (Lipinski definition) is 0. The lowest BCUT2D eigenvalue weighted by Gasteiger charge is -1.98. The minimum atomic E-state index is 0.721. The molecule has 0 radical (unpaired) electrons. The Morgan fingerprint density at radius 1 is 1.14 bits per heavy atom. The molecule has 4 heteroatoms. The van der Waals surface area contributed by atoms with Gasteiger partial charge in [-0.2, -0.15) is 5.10 Å². The van der Waals surface area contributed by atoms with Gasteiger partial charge in [-0.3, -0.25) is 0 Å². The van der Waals surface area contributed by atoms with Crippen molar-refractivity contribution in [3.05, 3.63) is 34.9 Å². The second-order valence-electron chi connectivity index (χ2n) is 2.99. The zero-order valence-electron chi connectivity index (χ0n) is 8.18. The molecule has 0 saturated heterocycles. The topological polar surface area (TPSA) is 28.0 Å². The van der Waals surface area contributed by atoms with E-state index in [1.165, 1.54) is 0 Å². The maximum atomic E-state index is 5.73. The third kappa shape index (κ3) is 4.05. The highest BCUT2D eigenvalue weighted by molar-refractivity contribution is 6.30. The minimum Gasteiger partial charge on any atom is -0.367 e. The van der Waals surface area contributed by atoms with Crippen LogP contribution >= 0.6 is 11.6 Å². The molecule has 0 N–H and O–H groups in total. The molecule has 1 aromatic carbocycles. The van der Waals surface area contributed by atoms with E-state index in [0.717, 1.165) is 10.6 Å². The standard InChI is InChI=1S/C10H12ClN3/c1-14(2)8-13-12-7-9-3-5-10(11)6-4-9/h3-8H,1-2H3/b12-7+,13-8-. The zero-order chi connectivity index (χ0) is 10.4. The van der Waals surface area contributed by atoms with Crippen LogP contribution in [-0.4, -0.2) is 31.5 Å². The van der Waals surface area contributed by atoms with E-state index in [2.05, 4.69) is 10.2 Å². The maximum absolute atomic E-state index is 5.73. The molecule has 0 fully saturated rings. The highest BCUT2D eigenvalue weighted by atomic mass is 35.5. The van der Waals surface area contributed by atoms with Gasteiger partial charge in [-0.1, -0.05) is 23.7 Å². The Morgan fingerprint density at radius 2 is 1.79 bits per heavy atom. The molecule has 0 aliphatic heterocycles. The van der Waals surface area contributed by atoms with E-state index in [0.29, 0.717) is 0 Å². The summed E-state index contributed by atoms with van der Waals surface area (Å²) in [6.45, 7) is 0. The first-order chi connectivity index (χ1) is 6.68. The van der Waals surface area contributed by atoms with Gasteiger partial charge in [-0.25, -0.2) is 0 Å². The Morgan fingerprint density at radius 3 is 2.36 bits per heavy atom. The van der Waals surface area contributed by atoms with E-state index in [1.54, 1.807) is 12.6 Å². The van der Waals surface area contributed by atoms with Gasteiger partial charge < -0.3 is 4.90 Å². The van der Waals surface area contributed by atoms with Gasteiger partial charge in [-0.15, -0.1) is 5.10 Å². The molecular formula is C10H12ClN3. The minimum absolute atomic E-state index is 0.721. The van der Waals surface area contributed by atoms with Crippen LogP contribution in [0.25, 0.3) is 0 Å². The molecule has 1 aromatic rings.